The molecule has 1 aliphatic rings. The maximum Gasteiger partial charge on any atom is 0.258 e. The normalized spacial score (nSPS) is 16.3. The van der Waals surface area contributed by atoms with Gasteiger partial charge in [-0.2, -0.15) is 0 Å². The summed E-state index contributed by atoms with van der Waals surface area (Å²) in [6.07, 6.45) is -1.43. The van der Waals surface area contributed by atoms with Crippen molar-refractivity contribution in [1.29, 1.82) is 10.8 Å². The number of nitrogen functional groups attached to an aromatic ring is 2. The first-order valence-electron chi connectivity index (χ1n) is 10.5. The summed E-state index contributed by atoms with van der Waals surface area (Å²) in [5.41, 5.74) is 12.4. The molecule has 1 unspecified atom stereocenters. The second kappa shape index (κ2) is 6.99. The largest absolute Gasteiger partial charge is 0.494 e. The first-order valence-corrected chi connectivity index (χ1v) is 10.5. The number of aliphatic hydroxyl groups is 1. The predicted molar refractivity (Wildman–Crippen MR) is 120 cm³/mol. The van der Waals surface area contributed by atoms with E-state index in [1.54, 1.807) is 0 Å². The zero-order valence-electron chi connectivity index (χ0n) is 18.4. The highest BCUT2D eigenvalue weighted by Crippen LogP contribution is 2.46. The fourth-order valence-electron chi connectivity index (χ4n) is 4.65. The van der Waals surface area contributed by atoms with Crippen molar-refractivity contribution < 1.29 is 20.1 Å². The molecule has 0 fully saturated rings. The number of anilines is 2. The van der Waals surface area contributed by atoms with Crippen LogP contribution in [0.3, 0.4) is 0 Å². The summed E-state index contributed by atoms with van der Waals surface area (Å²) in [5, 5.41) is 50.2. The van der Waals surface area contributed by atoms with Crippen molar-refractivity contribution in [3.8, 4) is 11.8 Å². The van der Waals surface area contributed by atoms with Crippen LogP contribution in [0.4, 0.5) is 11.4 Å². The summed E-state index contributed by atoms with van der Waals surface area (Å²) in [5.74, 6) is -1.30. The molecule has 0 radical (unpaired) electrons. The van der Waals surface area contributed by atoms with Gasteiger partial charge in [-0.15, -0.1) is 0 Å². The van der Waals surface area contributed by atoms with Crippen LogP contribution in [0.25, 0.3) is 21.5 Å². The molecule has 0 bridgehead atoms. The van der Waals surface area contributed by atoms with Gasteiger partial charge in [0.25, 0.3) is 5.91 Å². The molecule has 0 aliphatic carbocycles. The van der Waals surface area contributed by atoms with Gasteiger partial charge in [0.2, 0.25) is 11.8 Å². The highest BCUT2D eigenvalue weighted by atomic mass is 16.3. The van der Waals surface area contributed by atoms with Crippen molar-refractivity contribution in [3.05, 3.63) is 21.8 Å². The Hall–Kier alpha value is -3.53. The molecule has 9 N–H and O–H groups in total. The number of nitrogens with one attached hydrogen (secondary N) is 2. The highest BCUT2D eigenvalue weighted by molar-refractivity contribution is 6.25. The Labute approximate surface area is 183 Å². The number of aromatic nitrogens is 1. The van der Waals surface area contributed by atoms with Crippen LogP contribution in [0, 0.1) is 22.7 Å². The van der Waals surface area contributed by atoms with E-state index in [-0.39, 0.29) is 79.7 Å². The topological polar surface area (TPSA) is 186 Å². The Morgan fingerprint density at radius 3 is 1.88 bits per heavy atom. The summed E-state index contributed by atoms with van der Waals surface area (Å²) in [6.45, 7) is 7.97. The van der Waals surface area contributed by atoms with Crippen LogP contribution in [-0.4, -0.2) is 37.2 Å². The summed E-state index contributed by atoms with van der Waals surface area (Å²) in [6, 6.07) is 0. The molecule has 0 spiro atoms. The number of benzene rings is 2. The van der Waals surface area contributed by atoms with E-state index in [0.29, 0.717) is 0 Å². The van der Waals surface area contributed by atoms with Gasteiger partial charge in [0, 0.05) is 29.4 Å². The van der Waals surface area contributed by atoms with Gasteiger partial charge >= 0.3 is 0 Å². The first kappa shape index (κ1) is 21.7. The minimum absolute atomic E-state index is 0.00163. The molecule has 1 aromatic heterocycles. The molecule has 0 saturated heterocycles. The third kappa shape index (κ3) is 2.65. The van der Waals surface area contributed by atoms with E-state index in [1.165, 1.54) is 9.47 Å². The second-order valence-corrected chi connectivity index (χ2v) is 9.24. The second-order valence-electron chi connectivity index (χ2n) is 9.24. The number of carbonyl (C=O) groups excluding carboxylic acids is 1. The highest BCUT2D eigenvalue weighted by Gasteiger charge is 2.39. The predicted octanol–water partition coefficient (Wildman–Crippen LogP) is 1.53. The maximum atomic E-state index is 13.4. The Balaban J connectivity index is 2.31. The third-order valence-corrected chi connectivity index (χ3v) is 5.96. The van der Waals surface area contributed by atoms with E-state index in [9.17, 15) is 20.1 Å². The first-order chi connectivity index (χ1) is 14.9. The average molecular weight is 441 g/mol. The summed E-state index contributed by atoms with van der Waals surface area (Å²) in [7, 11) is 0. The summed E-state index contributed by atoms with van der Waals surface area (Å²) in [4.78, 5) is 14.6. The molecule has 10 heteroatoms. The van der Waals surface area contributed by atoms with Crippen molar-refractivity contribution >= 4 is 38.8 Å². The molecule has 1 atom stereocenters. The Bertz CT molecular complexity index is 1380. The zero-order valence-corrected chi connectivity index (χ0v) is 18.4. The molecule has 2 heterocycles. The van der Waals surface area contributed by atoms with Crippen molar-refractivity contribution in [2.45, 2.75) is 40.5 Å². The molecule has 4 rings (SSSR count). The molecular weight excluding hydrogens is 412 g/mol. The molecule has 170 valence electrons. The molecule has 0 saturated carbocycles. The number of amides is 1. The number of nitrogens with zero attached hydrogens (tertiary/aromatic N) is 2. The van der Waals surface area contributed by atoms with Crippen molar-refractivity contribution in [3.63, 3.8) is 0 Å². The van der Waals surface area contributed by atoms with Gasteiger partial charge in [0.05, 0.1) is 38.4 Å². The quantitative estimate of drug-likeness (QED) is 0.301. The molecular formula is C22H28N6O4. The fraction of sp³-hybridized carbons (Fsp3) is 0.409. The van der Waals surface area contributed by atoms with E-state index < -0.39 is 23.9 Å². The van der Waals surface area contributed by atoms with Crippen molar-refractivity contribution in [2.24, 2.45) is 11.8 Å². The van der Waals surface area contributed by atoms with Crippen LogP contribution >= 0.6 is 0 Å². The van der Waals surface area contributed by atoms with Gasteiger partial charge in [-0.05, 0) is 11.8 Å². The Morgan fingerprint density at radius 2 is 1.38 bits per heavy atom. The van der Waals surface area contributed by atoms with Crippen LogP contribution in [0.5, 0.6) is 11.8 Å². The van der Waals surface area contributed by atoms with Crippen LogP contribution in [-0.2, 0) is 6.54 Å². The lowest BCUT2D eigenvalue weighted by atomic mass is 9.86. The van der Waals surface area contributed by atoms with Crippen molar-refractivity contribution in [2.75, 3.05) is 18.0 Å². The van der Waals surface area contributed by atoms with Crippen LogP contribution in [0.2, 0.25) is 0 Å². The number of aliphatic hydroxyl groups excluding tert-OH is 1. The van der Waals surface area contributed by atoms with E-state index in [1.807, 2.05) is 27.7 Å². The maximum absolute atomic E-state index is 13.4. The molecule has 3 aromatic rings. The van der Waals surface area contributed by atoms with Crippen LogP contribution < -0.4 is 22.2 Å². The van der Waals surface area contributed by atoms with Gasteiger partial charge in [-0.1, -0.05) is 27.7 Å². The van der Waals surface area contributed by atoms with Gasteiger partial charge in [-0.25, -0.2) is 0 Å². The lowest BCUT2D eigenvalue weighted by Crippen LogP contribution is -2.42. The fourth-order valence-corrected chi connectivity index (χ4v) is 4.65. The van der Waals surface area contributed by atoms with E-state index in [4.69, 9.17) is 22.3 Å². The van der Waals surface area contributed by atoms with Gasteiger partial charge < -0.3 is 31.7 Å². The SMILES string of the molecule is CC(C)CN1C(=O)c2c(N)c(=N)c3c(O)n(CC(C)C)c(O)c4c(=N)c(N)c(c2c34)C1O. The molecule has 1 amide bonds. The van der Waals surface area contributed by atoms with Gasteiger partial charge in [0.15, 0.2) is 6.23 Å². The van der Waals surface area contributed by atoms with Gasteiger partial charge in [0.1, 0.15) is 0 Å². The van der Waals surface area contributed by atoms with E-state index >= 15 is 0 Å². The van der Waals surface area contributed by atoms with Crippen LogP contribution in [0.1, 0.15) is 49.8 Å². The van der Waals surface area contributed by atoms with Crippen molar-refractivity contribution in [1.82, 2.24) is 9.47 Å². The summed E-state index contributed by atoms with van der Waals surface area (Å²) < 4.78 is 1.21. The van der Waals surface area contributed by atoms with E-state index in [0.717, 1.165) is 0 Å². The number of aromatic hydroxyl groups is 2. The Kier molecular flexibility index (Phi) is 4.74. The lowest BCUT2D eigenvalue weighted by Gasteiger charge is -2.36. The number of pyridine rings is 1. The lowest BCUT2D eigenvalue weighted by molar-refractivity contribution is 0.000470. The number of hydrogen-bond acceptors (Lipinski definition) is 8. The molecule has 10 nitrogen and oxygen atoms in total. The minimum atomic E-state index is -1.43. The number of hydrogen-bond donors (Lipinski definition) is 7. The molecule has 2 aromatic carbocycles. The number of rotatable bonds is 4. The molecule has 1 aliphatic heterocycles. The average Bonchev–Trinajstić information content (AvgIpc) is 2.70. The number of carbonyl (C=O) groups is 1. The van der Waals surface area contributed by atoms with Gasteiger partial charge in [-0.3, -0.25) is 20.2 Å². The summed E-state index contributed by atoms with van der Waals surface area (Å²) >= 11 is 0. The third-order valence-electron chi connectivity index (χ3n) is 5.96. The Morgan fingerprint density at radius 1 is 0.875 bits per heavy atom. The zero-order chi connectivity index (χ0) is 23.8. The monoisotopic (exact) mass is 440 g/mol. The standard InChI is InChI=1S/C22H28N6O4/c1-7(2)5-27-19(29)11-9-10-13(17(25)15(11)23)21(31)28(6-8(3)4)22(32)14(10)18(26)16(24)12(9)20(27)30/h7-8,19,25-26,29,31-32H,5-6,23-24H2,1-4H3. The smallest absolute Gasteiger partial charge is 0.258 e. The number of nitrogens with two attached hydrogens (primary N) is 2. The van der Waals surface area contributed by atoms with E-state index in [2.05, 4.69) is 0 Å². The molecule has 32 heavy (non-hydrogen) atoms. The minimum Gasteiger partial charge on any atom is -0.494 e. The van der Waals surface area contributed by atoms with Crippen LogP contribution in [0.15, 0.2) is 0 Å².